The lowest BCUT2D eigenvalue weighted by atomic mass is 10.2. The van der Waals surface area contributed by atoms with Crippen molar-refractivity contribution in [3.05, 3.63) is 23.8 Å². The number of thiophene rings is 1. The van der Waals surface area contributed by atoms with Crippen LogP contribution in [0.5, 0.6) is 0 Å². The summed E-state index contributed by atoms with van der Waals surface area (Å²) in [6, 6.07) is 1.88. The Hall–Kier alpha value is -2.15. The first kappa shape index (κ1) is 15.2. The Morgan fingerprint density at radius 3 is 2.86 bits per heavy atom. The van der Waals surface area contributed by atoms with Gasteiger partial charge in [-0.05, 0) is 26.8 Å². The van der Waals surface area contributed by atoms with Crippen molar-refractivity contribution >= 4 is 39.1 Å². The van der Waals surface area contributed by atoms with Gasteiger partial charge in [-0.3, -0.25) is 9.78 Å². The normalized spacial score (nSPS) is 11.2. The van der Waals surface area contributed by atoms with E-state index in [0.717, 1.165) is 10.1 Å². The summed E-state index contributed by atoms with van der Waals surface area (Å²) >= 11 is 1.52. The van der Waals surface area contributed by atoms with Crippen LogP contribution < -0.4 is 10.6 Å². The van der Waals surface area contributed by atoms with Crippen molar-refractivity contribution in [3.63, 3.8) is 0 Å². The van der Waals surface area contributed by atoms with Crippen molar-refractivity contribution in [2.24, 2.45) is 0 Å². The van der Waals surface area contributed by atoms with Gasteiger partial charge in [-0.1, -0.05) is 0 Å². The molecule has 0 spiro atoms. The molecule has 0 bridgehead atoms. The zero-order chi connectivity index (χ0) is 15.5. The number of hydrogen-bond acceptors (Lipinski definition) is 5. The molecule has 2 heterocycles. The van der Waals surface area contributed by atoms with Crippen LogP contribution >= 0.6 is 11.3 Å². The van der Waals surface area contributed by atoms with Crippen LogP contribution in [-0.4, -0.2) is 29.1 Å². The molecule has 0 atom stereocenters. The van der Waals surface area contributed by atoms with Crippen molar-refractivity contribution in [1.29, 1.82) is 0 Å². The van der Waals surface area contributed by atoms with Gasteiger partial charge >= 0.3 is 6.09 Å². The van der Waals surface area contributed by atoms with Gasteiger partial charge in [-0.25, -0.2) is 4.79 Å². The summed E-state index contributed by atoms with van der Waals surface area (Å²) in [4.78, 5) is 27.3. The van der Waals surface area contributed by atoms with E-state index in [0.29, 0.717) is 5.69 Å². The summed E-state index contributed by atoms with van der Waals surface area (Å²) < 4.78 is 6.10. The van der Waals surface area contributed by atoms with Crippen LogP contribution in [0.25, 0.3) is 10.1 Å². The van der Waals surface area contributed by atoms with E-state index in [2.05, 4.69) is 15.6 Å². The number of nitrogens with one attached hydrogen (secondary N) is 2. The number of alkyl carbamates (subject to hydrolysis) is 1. The van der Waals surface area contributed by atoms with Gasteiger partial charge < -0.3 is 15.4 Å². The molecule has 2 N–H and O–H groups in total. The monoisotopic (exact) mass is 307 g/mol. The molecule has 0 aliphatic rings. The van der Waals surface area contributed by atoms with Gasteiger partial charge in [0.1, 0.15) is 12.1 Å². The van der Waals surface area contributed by atoms with E-state index < -0.39 is 11.7 Å². The predicted octanol–water partition coefficient (Wildman–Crippen LogP) is 2.76. The minimum absolute atomic E-state index is 0.146. The second-order valence-corrected chi connectivity index (χ2v) is 6.34. The Balaban J connectivity index is 1.89. The third kappa shape index (κ3) is 4.42. The molecule has 2 amide bonds. The van der Waals surface area contributed by atoms with E-state index in [1.54, 1.807) is 33.2 Å². The highest BCUT2D eigenvalue weighted by atomic mass is 32.1. The minimum atomic E-state index is -0.616. The van der Waals surface area contributed by atoms with E-state index >= 15 is 0 Å². The number of carbonyl (C=O) groups is 2. The molecule has 2 aromatic heterocycles. The number of nitrogens with zero attached hydrogens (tertiary/aromatic N) is 1. The molecule has 112 valence electrons. The maximum Gasteiger partial charge on any atom is 0.408 e. The van der Waals surface area contributed by atoms with Crippen LogP contribution in [0.2, 0.25) is 0 Å². The van der Waals surface area contributed by atoms with Crippen molar-refractivity contribution in [2.45, 2.75) is 26.4 Å². The molecule has 0 aliphatic heterocycles. The first-order valence-electron chi connectivity index (χ1n) is 6.43. The maximum absolute atomic E-state index is 11.8. The summed E-state index contributed by atoms with van der Waals surface area (Å²) in [5.74, 6) is -0.315. The second-order valence-electron chi connectivity index (χ2n) is 5.42. The summed E-state index contributed by atoms with van der Waals surface area (Å²) in [7, 11) is 0. The highest BCUT2D eigenvalue weighted by molar-refractivity contribution is 7.17. The van der Waals surface area contributed by atoms with Crippen molar-refractivity contribution < 1.29 is 14.3 Å². The molecule has 0 unspecified atom stereocenters. The van der Waals surface area contributed by atoms with Gasteiger partial charge in [0.05, 0.1) is 5.69 Å². The number of amides is 2. The molecule has 0 saturated heterocycles. The highest BCUT2D eigenvalue weighted by Gasteiger charge is 2.16. The minimum Gasteiger partial charge on any atom is -0.444 e. The Morgan fingerprint density at radius 1 is 1.38 bits per heavy atom. The van der Waals surface area contributed by atoms with Crippen LogP contribution in [0.1, 0.15) is 20.8 Å². The predicted molar refractivity (Wildman–Crippen MR) is 82.5 cm³/mol. The van der Waals surface area contributed by atoms with Gasteiger partial charge in [0.15, 0.2) is 0 Å². The number of aromatic nitrogens is 1. The second kappa shape index (κ2) is 6.09. The number of anilines is 1. The Kier molecular flexibility index (Phi) is 4.42. The van der Waals surface area contributed by atoms with E-state index in [-0.39, 0.29) is 12.5 Å². The van der Waals surface area contributed by atoms with Crippen LogP contribution in [0.15, 0.2) is 23.8 Å². The van der Waals surface area contributed by atoms with E-state index in [9.17, 15) is 9.59 Å². The van der Waals surface area contributed by atoms with Crippen LogP contribution in [0.3, 0.4) is 0 Å². The molecule has 6 nitrogen and oxygen atoms in total. The number of pyridine rings is 1. The lowest BCUT2D eigenvalue weighted by molar-refractivity contribution is -0.115. The van der Waals surface area contributed by atoms with Crippen LogP contribution in [0.4, 0.5) is 10.5 Å². The zero-order valence-corrected chi connectivity index (χ0v) is 12.9. The molecule has 0 saturated carbocycles. The molecule has 0 radical (unpaired) electrons. The standard InChI is InChI=1S/C14H17N3O3S/c1-14(2,3)20-13(19)16-7-12(18)17-10-8-21-11-4-5-15-6-9(10)11/h4-6,8H,7H2,1-3H3,(H,16,19)(H,17,18). The summed E-state index contributed by atoms with van der Waals surface area (Å²) in [5, 5.41) is 7.89. The van der Waals surface area contributed by atoms with Crippen molar-refractivity contribution in [3.8, 4) is 0 Å². The summed E-state index contributed by atoms with van der Waals surface area (Å²) in [5.41, 5.74) is 0.106. The van der Waals surface area contributed by atoms with Gasteiger partial charge in [0, 0.05) is 27.9 Å². The lowest BCUT2D eigenvalue weighted by Crippen LogP contribution is -2.37. The zero-order valence-electron chi connectivity index (χ0n) is 12.1. The first-order valence-corrected chi connectivity index (χ1v) is 7.31. The fraction of sp³-hybridized carbons (Fsp3) is 0.357. The average molecular weight is 307 g/mol. The van der Waals surface area contributed by atoms with E-state index in [1.165, 1.54) is 11.3 Å². The number of hydrogen-bond donors (Lipinski definition) is 2. The van der Waals surface area contributed by atoms with Crippen LogP contribution in [-0.2, 0) is 9.53 Å². The Labute approximate surface area is 126 Å². The largest absolute Gasteiger partial charge is 0.444 e. The van der Waals surface area contributed by atoms with E-state index in [1.807, 2.05) is 11.4 Å². The molecule has 2 aromatic rings. The topological polar surface area (TPSA) is 80.3 Å². The average Bonchev–Trinajstić information content (AvgIpc) is 2.78. The smallest absolute Gasteiger partial charge is 0.408 e. The summed E-state index contributed by atoms with van der Waals surface area (Å²) in [6.45, 7) is 5.14. The molecule has 2 rings (SSSR count). The van der Waals surface area contributed by atoms with E-state index in [4.69, 9.17) is 4.74 Å². The first-order chi connectivity index (χ1) is 9.85. The van der Waals surface area contributed by atoms with Gasteiger partial charge in [0.25, 0.3) is 0 Å². The lowest BCUT2D eigenvalue weighted by Gasteiger charge is -2.19. The molecule has 0 fully saturated rings. The van der Waals surface area contributed by atoms with Gasteiger partial charge in [-0.2, -0.15) is 0 Å². The number of fused-ring (bicyclic) bond motifs is 1. The molecular weight excluding hydrogens is 290 g/mol. The van der Waals surface area contributed by atoms with Gasteiger partial charge in [-0.15, -0.1) is 11.3 Å². The van der Waals surface area contributed by atoms with Crippen molar-refractivity contribution in [1.82, 2.24) is 10.3 Å². The number of ether oxygens (including phenoxy) is 1. The number of rotatable bonds is 3. The third-order valence-corrected chi connectivity index (χ3v) is 3.40. The van der Waals surface area contributed by atoms with Gasteiger partial charge in [0.2, 0.25) is 5.91 Å². The highest BCUT2D eigenvalue weighted by Crippen LogP contribution is 2.28. The fourth-order valence-electron chi connectivity index (χ4n) is 1.63. The van der Waals surface area contributed by atoms with Crippen LogP contribution in [0, 0.1) is 0 Å². The quantitative estimate of drug-likeness (QED) is 0.913. The Morgan fingerprint density at radius 2 is 2.14 bits per heavy atom. The Bertz CT molecular complexity index is 661. The number of carbonyl (C=O) groups excluding carboxylic acids is 2. The fourth-order valence-corrected chi connectivity index (χ4v) is 2.49. The molecule has 0 aromatic carbocycles. The molecular formula is C14H17N3O3S. The maximum atomic E-state index is 11.8. The molecule has 7 heteroatoms. The third-order valence-electron chi connectivity index (χ3n) is 2.44. The van der Waals surface area contributed by atoms with Crippen molar-refractivity contribution in [2.75, 3.05) is 11.9 Å². The molecule has 0 aliphatic carbocycles. The SMILES string of the molecule is CC(C)(C)OC(=O)NCC(=O)Nc1csc2ccncc12. The summed E-state index contributed by atoms with van der Waals surface area (Å²) in [6.07, 6.45) is 2.78. The molecule has 21 heavy (non-hydrogen) atoms.